The van der Waals surface area contributed by atoms with E-state index in [0.717, 1.165) is 12.8 Å². The first-order valence-corrected chi connectivity index (χ1v) is 13.2. The summed E-state index contributed by atoms with van der Waals surface area (Å²) >= 11 is 0. The molecule has 0 unspecified atom stereocenters. The van der Waals surface area contributed by atoms with Crippen LogP contribution < -0.4 is 0 Å². The quantitative estimate of drug-likeness (QED) is 0.0571. The Hall–Kier alpha value is -1.99. The lowest BCUT2D eigenvalue weighted by molar-refractivity contribution is -0.376. The van der Waals surface area contributed by atoms with Gasteiger partial charge in [-0.05, 0) is 25.7 Å². The third kappa shape index (κ3) is 9.27. The van der Waals surface area contributed by atoms with E-state index in [-0.39, 0.29) is 19.3 Å². The van der Waals surface area contributed by atoms with Crippen molar-refractivity contribution in [1.29, 1.82) is 0 Å². The van der Waals surface area contributed by atoms with Crippen LogP contribution in [0.2, 0.25) is 0 Å². The number of hydrogen-bond acceptors (Lipinski definition) is 15. The summed E-state index contributed by atoms with van der Waals surface area (Å²) in [5, 5.41) is 79.0. The average Bonchev–Trinajstić information content (AvgIpc) is 2.92. The summed E-state index contributed by atoms with van der Waals surface area (Å²) in [6.45, 7) is 0.436. The fourth-order valence-corrected chi connectivity index (χ4v) is 4.39. The van der Waals surface area contributed by atoms with Crippen molar-refractivity contribution in [2.75, 3.05) is 13.2 Å². The maximum Gasteiger partial charge on any atom is 0.417 e. The molecule has 16 nitrogen and oxygen atoms in total. The molecule has 2 saturated heterocycles. The van der Waals surface area contributed by atoms with Crippen molar-refractivity contribution in [3.8, 4) is 0 Å². The number of unbranched alkanes of at least 4 members (excludes halogenated alkanes) is 2. The molecule has 0 aromatic rings. The van der Waals surface area contributed by atoms with Crippen molar-refractivity contribution in [2.45, 2.75) is 119 Å². The van der Waals surface area contributed by atoms with Crippen LogP contribution in [0, 0.1) is 0 Å². The maximum absolute atomic E-state index is 12.5. The third-order valence-corrected chi connectivity index (χ3v) is 6.69. The van der Waals surface area contributed by atoms with Crippen LogP contribution in [0.4, 0.5) is 0 Å². The first-order valence-electron chi connectivity index (χ1n) is 13.2. The number of esters is 2. The molecular formula is C24H40O16. The Labute approximate surface area is 230 Å². The zero-order valence-electron chi connectivity index (χ0n) is 22.1. The molecule has 2 heterocycles. The maximum atomic E-state index is 12.5. The van der Waals surface area contributed by atoms with Crippen molar-refractivity contribution in [1.82, 2.24) is 0 Å². The SMILES string of the molecule is CCCCC[C@@H](CCCC(=O)O[C@@H]1[C@@H](O)[C@@H](O[C@H]2O[C@H](CO)[C@@H](O)[C@H](O)[C@H]2O)O[C@H](CO)[C@H]1O)OC(=O)C(=O)O. The van der Waals surface area contributed by atoms with E-state index in [1.165, 1.54) is 0 Å². The zero-order chi connectivity index (χ0) is 30.0. The van der Waals surface area contributed by atoms with Crippen molar-refractivity contribution >= 4 is 17.9 Å². The van der Waals surface area contributed by atoms with Gasteiger partial charge in [0, 0.05) is 6.42 Å². The first kappa shape index (κ1) is 34.2. The van der Waals surface area contributed by atoms with Crippen LogP contribution in [-0.4, -0.2) is 139 Å². The van der Waals surface area contributed by atoms with Crippen LogP contribution >= 0.6 is 0 Å². The monoisotopic (exact) mass is 584 g/mol. The number of aliphatic carboxylic acids is 1. The van der Waals surface area contributed by atoms with Crippen LogP contribution in [0.25, 0.3) is 0 Å². The fourth-order valence-electron chi connectivity index (χ4n) is 4.39. The highest BCUT2D eigenvalue weighted by Crippen LogP contribution is 2.29. The summed E-state index contributed by atoms with van der Waals surface area (Å²) in [4.78, 5) is 34.8. The van der Waals surface area contributed by atoms with Crippen LogP contribution in [0.1, 0.15) is 51.9 Å². The number of hydrogen-bond donors (Lipinski definition) is 8. The number of aliphatic hydroxyl groups excluding tert-OH is 7. The predicted molar refractivity (Wildman–Crippen MR) is 128 cm³/mol. The van der Waals surface area contributed by atoms with Crippen LogP contribution in [-0.2, 0) is 38.1 Å². The van der Waals surface area contributed by atoms with Gasteiger partial charge in [0.15, 0.2) is 18.7 Å². The average molecular weight is 585 g/mol. The highest BCUT2D eigenvalue weighted by molar-refractivity contribution is 6.28. The minimum atomic E-state index is -1.87. The zero-order valence-corrected chi connectivity index (χ0v) is 22.1. The van der Waals surface area contributed by atoms with Crippen molar-refractivity contribution in [2.24, 2.45) is 0 Å². The van der Waals surface area contributed by atoms with Gasteiger partial charge in [0.25, 0.3) is 0 Å². The Bertz CT molecular complexity index is 808. The molecule has 16 heteroatoms. The number of rotatable bonds is 14. The van der Waals surface area contributed by atoms with Crippen LogP contribution in [0.3, 0.4) is 0 Å². The second-order valence-corrected chi connectivity index (χ2v) is 9.71. The van der Waals surface area contributed by atoms with Gasteiger partial charge < -0.3 is 64.5 Å². The minimum absolute atomic E-state index is 0.117. The summed E-state index contributed by atoms with van der Waals surface area (Å²) in [6.07, 6.45) is -14.7. The largest absolute Gasteiger partial charge is 0.473 e. The molecule has 40 heavy (non-hydrogen) atoms. The predicted octanol–water partition coefficient (Wildman–Crippen LogP) is -3.10. The van der Waals surface area contributed by atoms with E-state index in [1.807, 2.05) is 6.92 Å². The smallest absolute Gasteiger partial charge is 0.417 e. The van der Waals surface area contributed by atoms with Crippen LogP contribution in [0.5, 0.6) is 0 Å². The molecule has 8 N–H and O–H groups in total. The topological polar surface area (TPSA) is 259 Å². The van der Waals surface area contributed by atoms with E-state index in [4.69, 9.17) is 28.8 Å². The normalized spacial score (nSPS) is 35.1. The van der Waals surface area contributed by atoms with Crippen molar-refractivity contribution in [3.05, 3.63) is 0 Å². The van der Waals surface area contributed by atoms with Crippen molar-refractivity contribution < 1.29 is 78.9 Å². The lowest BCUT2D eigenvalue weighted by Gasteiger charge is -2.45. The third-order valence-electron chi connectivity index (χ3n) is 6.69. The number of carboxylic acids is 1. The molecule has 0 amide bonds. The fraction of sp³-hybridized carbons (Fsp3) is 0.875. The summed E-state index contributed by atoms with van der Waals surface area (Å²) in [7, 11) is 0. The molecule has 0 saturated carbocycles. The van der Waals surface area contributed by atoms with Gasteiger partial charge in [-0.1, -0.05) is 19.8 Å². The molecule has 0 spiro atoms. The van der Waals surface area contributed by atoms with E-state index in [0.29, 0.717) is 12.8 Å². The molecule has 11 atom stereocenters. The molecule has 0 aromatic heterocycles. The molecule has 0 radical (unpaired) electrons. The summed E-state index contributed by atoms with van der Waals surface area (Å²) in [6, 6.07) is 0. The van der Waals surface area contributed by atoms with E-state index >= 15 is 0 Å². The van der Waals surface area contributed by atoms with E-state index < -0.39 is 98.6 Å². The molecule has 2 rings (SSSR count). The second-order valence-electron chi connectivity index (χ2n) is 9.71. The van der Waals surface area contributed by atoms with E-state index in [9.17, 15) is 50.1 Å². The van der Waals surface area contributed by atoms with Gasteiger partial charge in [-0.2, -0.15) is 0 Å². The number of carbonyl (C=O) groups excluding carboxylic acids is 2. The molecule has 0 bridgehead atoms. The first-order chi connectivity index (χ1) is 18.9. The molecule has 0 aliphatic carbocycles. The van der Waals surface area contributed by atoms with Gasteiger partial charge in [0.2, 0.25) is 0 Å². The highest BCUT2D eigenvalue weighted by Gasteiger charge is 2.51. The van der Waals surface area contributed by atoms with Crippen LogP contribution in [0.15, 0.2) is 0 Å². The Morgan fingerprint density at radius 2 is 1.35 bits per heavy atom. The van der Waals surface area contributed by atoms with Gasteiger partial charge >= 0.3 is 17.9 Å². The van der Waals surface area contributed by atoms with E-state index in [2.05, 4.69) is 0 Å². The van der Waals surface area contributed by atoms with Crippen molar-refractivity contribution in [3.63, 3.8) is 0 Å². The molecule has 0 aromatic carbocycles. The standard InChI is InChI=1S/C24H40O16/c1-2-3-4-6-11(36-22(35)21(33)34)7-5-8-14(27)39-20-16(29)13(10-26)38-24(19(20)32)40-23-18(31)17(30)15(28)12(9-25)37-23/h11-13,15-20,23-26,28-32H,2-10H2,1H3,(H,33,34)/t11-,12+,13+,15+,16+,17-,18+,19+,20-,23+,24+/m0/s1. The molecule has 232 valence electrons. The summed E-state index contributed by atoms with van der Waals surface area (Å²) in [5.74, 6) is -4.02. The van der Waals surface area contributed by atoms with Gasteiger partial charge in [-0.25, -0.2) is 9.59 Å². The Kier molecular flexibility index (Phi) is 14.1. The minimum Gasteiger partial charge on any atom is -0.473 e. The lowest BCUT2D eigenvalue weighted by atomic mass is 9.98. The number of ether oxygens (including phenoxy) is 5. The van der Waals surface area contributed by atoms with E-state index in [1.54, 1.807) is 0 Å². The van der Waals surface area contributed by atoms with Gasteiger partial charge in [-0.15, -0.1) is 0 Å². The number of aliphatic hydroxyl groups is 7. The summed E-state index contributed by atoms with van der Waals surface area (Å²) in [5.41, 5.74) is 0. The lowest BCUT2D eigenvalue weighted by Crippen LogP contribution is -2.64. The molecule has 2 aliphatic rings. The second kappa shape index (κ2) is 16.5. The molecule has 2 fully saturated rings. The number of carboxylic acid groups (broad SMARTS) is 1. The highest BCUT2D eigenvalue weighted by atomic mass is 16.8. The van der Waals surface area contributed by atoms with Gasteiger partial charge in [-0.3, -0.25) is 4.79 Å². The Morgan fingerprint density at radius 1 is 0.775 bits per heavy atom. The van der Waals surface area contributed by atoms with Gasteiger partial charge in [0.05, 0.1) is 13.2 Å². The molecule has 2 aliphatic heterocycles. The molecular weight excluding hydrogens is 544 g/mol. The van der Waals surface area contributed by atoms with Gasteiger partial charge in [0.1, 0.15) is 48.8 Å². The Balaban J connectivity index is 1.99. The number of carbonyl (C=O) groups is 3. The summed E-state index contributed by atoms with van der Waals surface area (Å²) < 4.78 is 26.1. The Morgan fingerprint density at radius 3 is 1.93 bits per heavy atom.